The molecule has 0 bridgehead atoms. The third kappa shape index (κ3) is 36.1. The lowest BCUT2D eigenvalue weighted by molar-refractivity contribution is -0.302. The number of allylic oxidation sites excluding steroid dienone is 5. The number of carbonyl (C=O) groups excluding carboxylic acids is 1. The van der Waals surface area contributed by atoms with Crippen molar-refractivity contribution in [1.29, 1.82) is 0 Å². The second-order valence-corrected chi connectivity index (χ2v) is 19.4. The fourth-order valence-corrected chi connectivity index (χ4v) is 8.76. The third-order valence-corrected chi connectivity index (χ3v) is 13.2. The van der Waals surface area contributed by atoms with E-state index in [0.717, 1.165) is 38.5 Å². The highest BCUT2D eigenvalue weighted by Crippen LogP contribution is 2.23. The third-order valence-electron chi connectivity index (χ3n) is 13.2. The first-order valence-electron chi connectivity index (χ1n) is 27.7. The van der Waals surface area contributed by atoms with E-state index in [4.69, 9.17) is 9.47 Å². The summed E-state index contributed by atoms with van der Waals surface area (Å²) in [4.78, 5) is 13.0. The van der Waals surface area contributed by atoms with Crippen molar-refractivity contribution in [3.05, 3.63) is 36.5 Å². The second kappa shape index (κ2) is 46.2. The van der Waals surface area contributed by atoms with Gasteiger partial charge in [-0.25, -0.2) is 0 Å². The maximum absolute atomic E-state index is 13.0. The Kier molecular flexibility index (Phi) is 43.6. The second-order valence-electron chi connectivity index (χ2n) is 19.4. The molecule has 1 aliphatic heterocycles. The van der Waals surface area contributed by atoms with Gasteiger partial charge in [-0.1, -0.05) is 230 Å². The lowest BCUT2D eigenvalue weighted by Crippen LogP contribution is -2.60. The van der Waals surface area contributed by atoms with Gasteiger partial charge < -0.3 is 40.3 Å². The molecule has 65 heavy (non-hydrogen) atoms. The molecule has 1 heterocycles. The number of hydrogen-bond acceptors (Lipinski definition) is 8. The van der Waals surface area contributed by atoms with Crippen molar-refractivity contribution in [1.82, 2.24) is 5.32 Å². The first-order chi connectivity index (χ1) is 31.8. The molecule has 0 aromatic rings. The van der Waals surface area contributed by atoms with Crippen LogP contribution >= 0.6 is 0 Å². The van der Waals surface area contributed by atoms with Gasteiger partial charge in [-0.15, -0.1) is 0 Å². The standard InChI is InChI=1S/C56H105NO8/c1-3-5-7-9-11-13-15-17-18-19-20-21-22-23-24-25-26-27-28-29-30-31-32-33-34-36-38-40-42-44-46-52(60)57-49(48-64-56-55(63)54(62)53(61)51(47-58)65-56)50(59)45-43-41-39-37-35-16-14-12-10-8-6-4-2/h23-24,35,37,43,45,49-51,53-56,58-59,61-63H,3-22,25-34,36,38-42,44,46-48H2,1-2H3,(H,57,60)/b24-23-,37-35+,45-43+. The average molecular weight is 920 g/mol. The van der Waals surface area contributed by atoms with Crippen LogP contribution in [0.4, 0.5) is 0 Å². The van der Waals surface area contributed by atoms with Gasteiger partial charge in [0, 0.05) is 6.42 Å². The number of carbonyl (C=O) groups is 1. The van der Waals surface area contributed by atoms with Crippen LogP contribution in [0.2, 0.25) is 0 Å². The minimum atomic E-state index is -1.57. The zero-order valence-electron chi connectivity index (χ0n) is 42.3. The summed E-state index contributed by atoms with van der Waals surface area (Å²) in [5.41, 5.74) is 0. The molecule has 7 atom stereocenters. The number of nitrogens with one attached hydrogen (secondary N) is 1. The molecule has 382 valence electrons. The monoisotopic (exact) mass is 920 g/mol. The molecule has 1 rings (SSSR count). The molecule has 7 unspecified atom stereocenters. The number of amides is 1. The molecule has 1 amide bonds. The predicted molar refractivity (Wildman–Crippen MR) is 272 cm³/mol. The fraction of sp³-hybridized carbons (Fsp3) is 0.875. The Labute approximate surface area is 400 Å². The topological polar surface area (TPSA) is 149 Å². The summed E-state index contributed by atoms with van der Waals surface area (Å²) in [5.74, 6) is -0.186. The number of hydrogen-bond donors (Lipinski definition) is 6. The highest BCUT2D eigenvalue weighted by molar-refractivity contribution is 5.76. The number of ether oxygens (including phenoxy) is 2. The highest BCUT2D eigenvalue weighted by Gasteiger charge is 2.44. The summed E-state index contributed by atoms with van der Waals surface area (Å²) >= 11 is 0. The van der Waals surface area contributed by atoms with E-state index >= 15 is 0 Å². The molecular weight excluding hydrogens is 815 g/mol. The van der Waals surface area contributed by atoms with Crippen LogP contribution < -0.4 is 5.32 Å². The molecule has 6 N–H and O–H groups in total. The van der Waals surface area contributed by atoms with Crippen molar-refractivity contribution >= 4 is 5.91 Å². The zero-order valence-corrected chi connectivity index (χ0v) is 42.3. The Balaban J connectivity index is 2.15. The lowest BCUT2D eigenvalue weighted by atomic mass is 9.99. The maximum atomic E-state index is 13.0. The zero-order chi connectivity index (χ0) is 47.3. The van der Waals surface area contributed by atoms with Gasteiger partial charge >= 0.3 is 0 Å². The Bertz CT molecular complexity index is 1110. The molecule has 0 saturated carbocycles. The maximum Gasteiger partial charge on any atom is 0.220 e. The summed E-state index contributed by atoms with van der Waals surface area (Å²) in [6.45, 7) is 3.76. The van der Waals surface area contributed by atoms with Crippen LogP contribution in [-0.4, -0.2) is 87.5 Å². The minimum absolute atomic E-state index is 0.186. The van der Waals surface area contributed by atoms with Crippen LogP contribution in [-0.2, 0) is 14.3 Å². The summed E-state index contributed by atoms with van der Waals surface area (Å²) in [5, 5.41) is 54.3. The first-order valence-corrected chi connectivity index (χ1v) is 27.7. The van der Waals surface area contributed by atoms with Gasteiger partial charge in [0.15, 0.2) is 6.29 Å². The van der Waals surface area contributed by atoms with Gasteiger partial charge in [-0.3, -0.25) is 4.79 Å². The number of rotatable bonds is 47. The Morgan fingerprint density at radius 1 is 0.508 bits per heavy atom. The minimum Gasteiger partial charge on any atom is -0.394 e. The molecule has 1 aliphatic rings. The number of unbranched alkanes of at least 4 members (excludes halogenated alkanes) is 33. The van der Waals surface area contributed by atoms with Crippen molar-refractivity contribution in [2.24, 2.45) is 0 Å². The van der Waals surface area contributed by atoms with Crippen molar-refractivity contribution in [3.8, 4) is 0 Å². The van der Waals surface area contributed by atoms with Crippen LogP contribution in [0.15, 0.2) is 36.5 Å². The highest BCUT2D eigenvalue weighted by atomic mass is 16.7. The number of aliphatic hydroxyl groups excluding tert-OH is 5. The normalized spacial score (nSPS) is 20.1. The SMILES string of the molecule is CCCCCCCC/C=C/CC/C=C/C(O)C(COC1OC(CO)C(O)C(O)C1O)NC(=O)CCCCCCCCCCCCCCCC/C=C\CCCCCCCCCCCCCC. The molecule has 9 heteroatoms. The Morgan fingerprint density at radius 2 is 0.877 bits per heavy atom. The molecule has 0 aromatic carbocycles. The van der Waals surface area contributed by atoms with E-state index in [2.05, 4.69) is 43.5 Å². The van der Waals surface area contributed by atoms with Crippen molar-refractivity contribution in [2.45, 2.75) is 301 Å². The van der Waals surface area contributed by atoms with Crippen LogP contribution in [0, 0.1) is 0 Å². The predicted octanol–water partition coefficient (Wildman–Crippen LogP) is 13.2. The largest absolute Gasteiger partial charge is 0.394 e. The quantitative estimate of drug-likeness (QED) is 0.0261. The summed E-state index contributed by atoms with van der Waals surface area (Å²) < 4.78 is 11.2. The molecule has 9 nitrogen and oxygen atoms in total. The van der Waals surface area contributed by atoms with Gasteiger partial charge in [0.05, 0.1) is 25.4 Å². The summed E-state index contributed by atoms with van der Waals surface area (Å²) in [6, 6.07) is -0.819. The summed E-state index contributed by atoms with van der Waals surface area (Å²) in [6.07, 6.45) is 52.3. The van der Waals surface area contributed by atoms with Crippen LogP contribution in [0.1, 0.15) is 258 Å². The van der Waals surface area contributed by atoms with Crippen LogP contribution in [0.25, 0.3) is 0 Å². The molecule has 1 saturated heterocycles. The van der Waals surface area contributed by atoms with Crippen molar-refractivity contribution in [2.75, 3.05) is 13.2 Å². The van der Waals surface area contributed by atoms with Gasteiger partial charge in [0.1, 0.15) is 24.4 Å². The first kappa shape index (κ1) is 61.4. The van der Waals surface area contributed by atoms with Gasteiger partial charge in [-0.2, -0.15) is 0 Å². The van der Waals surface area contributed by atoms with E-state index in [9.17, 15) is 30.3 Å². The van der Waals surface area contributed by atoms with E-state index < -0.39 is 49.5 Å². The van der Waals surface area contributed by atoms with E-state index in [0.29, 0.717) is 6.42 Å². The molecular formula is C56H105NO8. The van der Waals surface area contributed by atoms with E-state index in [1.807, 2.05) is 6.08 Å². The van der Waals surface area contributed by atoms with Crippen molar-refractivity contribution in [3.63, 3.8) is 0 Å². The molecule has 0 aromatic heterocycles. The van der Waals surface area contributed by atoms with E-state index in [1.54, 1.807) is 6.08 Å². The molecule has 0 radical (unpaired) electrons. The van der Waals surface area contributed by atoms with Gasteiger partial charge in [0.25, 0.3) is 0 Å². The van der Waals surface area contributed by atoms with E-state index in [1.165, 1.54) is 199 Å². The fourth-order valence-electron chi connectivity index (χ4n) is 8.76. The van der Waals surface area contributed by atoms with Gasteiger partial charge in [0.2, 0.25) is 5.91 Å². The summed E-state index contributed by atoms with van der Waals surface area (Å²) in [7, 11) is 0. The molecule has 0 aliphatic carbocycles. The molecule has 1 fully saturated rings. The van der Waals surface area contributed by atoms with E-state index in [-0.39, 0.29) is 12.5 Å². The smallest absolute Gasteiger partial charge is 0.220 e. The average Bonchev–Trinajstić information content (AvgIpc) is 3.31. The van der Waals surface area contributed by atoms with Crippen molar-refractivity contribution < 1.29 is 39.8 Å². The van der Waals surface area contributed by atoms with Gasteiger partial charge in [-0.05, 0) is 57.8 Å². The molecule has 0 spiro atoms. The Hall–Kier alpha value is -1.59. The number of aliphatic hydroxyl groups is 5. The van der Waals surface area contributed by atoms with Crippen LogP contribution in [0.5, 0.6) is 0 Å². The lowest BCUT2D eigenvalue weighted by Gasteiger charge is -2.40. The van der Waals surface area contributed by atoms with Crippen LogP contribution in [0.3, 0.4) is 0 Å². The Morgan fingerprint density at radius 3 is 1.29 bits per heavy atom.